The fourth-order valence-corrected chi connectivity index (χ4v) is 2.03. The van der Waals surface area contributed by atoms with Gasteiger partial charge >= 0.3 is 6.09 Å². The van der Waals surface area contributed by atoms with Crippen LogP contribution in [-0.2, 0) is 11.8 Å². The molecule has 1 N–H and O–H groups in total. The number of fused-ring (bicyclic) bond motifs is 1. The van der Waals surface area contributed by atoms with Gasteiger partial charge in [-0.2, -0.15) is 5.10 Å². The standard InChI is InChI=1S/C11H11N3O2/c1-14-9-5-3-2-4-7(9)10(13-14)8-6-16-11(15)12-8/h2-5,8H,6H2,1H3,(H,12,15). The highest BCUT2D eigenvalue weighted by Gasteiger charge is 2.27. The van der Waals surface area contributed by atoms with Crippen molar-refractivity contribution in [1.82, 2.24) is 15.1 Å². The van der Waals surface area contributed by atoms with E-state index in [9.17, 15) is 4.79 Å². The number of hydrogen-bond acceptors (Lipinski definition) is 3. The van der Waals surface area contributed by atoms with E-state index in [2.05, 4.69) is 10.4 Å². The normalized spacial score (nSPS) is 19.8. The molecule has 0 bridgehead atoms. The van der Waals surface area contributed by atoms with E-state index in [0.29, 0.717) is 6.61 Å². The van der Waals surface area contributed by atoms with Crippen molar-refractivity contribution in [2.75, 3.05) is 6.61 Å². The van der Waals surface area contributed by atoms with Gasteiger partial charge in [-0.15, -0.1) is 0 Å². The number of aromatic nitrogens is 2. The molecule has 1 aliphatic rings. The van der Waals surface area contributed by atoms with Crippen molar-refractivity contribution >= 4 is 17.0 Å². The predicted octanol–water partition coefficient (Wildman–Crippen LogP) is 1.35. The van der Waals surface area contributed by atoms with Crippen molar-refractivity contribution in [1.29, 1.82) is 0 Å². The van der Waals surface area contributed by atoms with Crippen molar-refractivity contribution in [3.05, 3.63) is 30.0 Å². The van der Waals surface area contributed by atoms with Gasteiger partial charge in [-0.1, -0.05) is 18.2 Å². The molecule has 16 heavy (non-hydrogen) atoms. The Hall–Kier alpha value is -2.04. The molecule has 1 aromatic heterocycles. The van der Waals surface area contributed by atoms with Gasteiger partial charge in [-0.25, -0.2) is 4.79 Å². The Balaban J connectivity index is 2.13. The van der Waals surface area contributed by atoms with E-state index in [4.69, 9.17) is 4.74 Å². The molecule has 3 rings (SSSR count). The van der Waals surface area contributed by atoms with Crippen molar-refractivity contribution in [3.8, 4) is 0 Å². The summed E-state index contributed by atoms with van der Waals surface area (Å²) in [5, 5.41) is 8.22. The number of benzene rings is 1. The molecule has 0 saturated carbocycles. The summed E-state index contributed by atoms with van der Waals surface area (Å²) in [5.41, 5.74) is 1.92. The molecule has 1 unspecified atom stereocenters. The smallest absolute Gasteiger partial charge is 0.407 e. The Kier molecular flexibility index (Phi) is 1.86. The number of hydrogen-bond donors (Lipinski definition) is 1. The van der Waals surface area contributed by atoms with Crippen LogP contribution >= 0.6 is 0 Å². The highest BCUT2D eigenvalue weighted by atomic mass is 16.6. The number of para-hydroxylation sites is 1. The first kappa shape index (κ1) is 9.21. The summed E-state index contributed by atoms with van der Waals surface area (Å²) in [6.45, 7) is 0.347. The molecule has 1 saturated heterocycles. The van der Waals surface area contributed by atoms with E-state index in [0.717, 1.165) is 16.6 Å². The lowest BCUT2D eigenvalue weighted by Gasteiger charge is -2.02. The van der Waals surface area contributed by atoms with Crippen LogP contribution in [0.2, 0.25) is 0 Å². The average Bonchev–Trinajstić information content (AvgIpc) is 2.84. The molecule has 82 valence electrons. The number of carbonyl (C=O) groups is 1. The lowest BCUT2D eigenvalue weighted by atomic mass is 10.1. The van der Waals surface area contributed by atoms with E-state index < -0.39 is 0 Å². The Labute approximate surface area is 92.0 Å². The molecule has 0 radical (unpaired) electrons. The summed E-state index contributed by atoms with van der Waals surface area (Å²) >= 11 is 0. The number of ether oxygens (including phenoxy) is 1. The fraction of sp³-hybridized carbons (Fsp3) is 0.273. The number of nitrogens with one attached hydrogen (secondary N) is 1. The number of rotatable bonds is 1. The zero-order valence-electron chi connectivity index (χ0n) is 8.80. The SMILES string of the molecule is Cn1nc(C2COC(=O)N2)c2ccccc21. The number of amides is 1. The maximum absolute atomic E-state index is 11.0. The molecule has 0 aliphatic carbocycles. The molecule has 2 heterocycles. The van der Waals surface area contributed by atoms with Gasteiger partial charge in [-0.05, 0) is 6.07 Å². The Bertz CT molecular complexity index is 561. The zero-order chi connectivity index (χ0) is 11.1. The third kappa shape index (κ3) is 1.25. The first-order valence-electron chi connectivity index (χ1n) is 5.10. The summed E-state index contributed by atoms with van der Waals surface area (Å²) in [6.07, 6.45) is -0.375. The highest BCUT2D eigenvalue weighted by Crippen LogP contribution is 2.25. The molecule has 1 atom stereocenters. The number of nitrogens with zero attached hydrogens (tertiary/aromatic N) is 2. The van der Waals surface area contributed by atoms with Gasteiger partial charge in [0.05, 0.1) is 11.2 Å². The highest BCUT2D eigenvalue weighted by molar-refractivity contribution is 5.83. The van der Waals surface area contributed by atoms with E-state index >= 15 is 0 Å². The monoisotopic (exact) mass is 217 g/mol. The minimum Gasteiger partial charge on any atom is -0.447 e. The maximum atomic E-state index is 11.0. The lowest BCUT2D eigenvalue weighted by molar-refractivity contribution is 0.177. The van der Waals surface area contributed by atoms with E-state index in [1.165, 1.54) is 0 Å². The Morgan fingerprint density at radius 3 is 3.06 bits per heavy atom. The number of aryl methyl sites for hydroxylation is 1. The second-order valence-electron chi connectivity index (χ2n) is 3.82. The largest absolute Gasteiger partial charge is 0.447 e. The van der Waals surface area contributed by atoms with Crippen LogP contribution in [0.3, 0.4) is 0 Å². The fourth-order valence-electron chi connectivity index (χ4n) is 2.03. The van der Waals surface area contributed by atoms with Gasteiger partial charge < -0.3 is 10.1 Å². The second-order valence-corrected chi connectivity index (χ2v) is 3.82. The molecule has 0 spiro atoms. The van der Waals surface area contributed by atoms with Gasteiger partial charge in [-0.3, -0.25) is 4.68 Å². The van der Waals surface area contributed by atoms with Gasteiger partial charge in [0.2, 0.25) is 0 Å². The van der Waals surface area contributed by atoms with Gasteiger partial charge in [0.15, 0.2) is 0 Å². The summed E-state index contributed by atoms with van der Waals surface area (Å²) in [5.74, 6) is 0. The number of carbonyl (C=O) groups excluding carboxylic acids is 1. The first-order valence-corrected chi connectivity index (χ1v) is 5.10. The summed E-state index contributed by atoms with van der Waals surface area (Å²) < 4.78 is 6.69. The predicted molar refractivity (Wildman–Crippen MR) is 57.9 cm³/mol. The minimum absolute atomic E-state index is 0.140. The first-order chi connectivity index (χ1) is 7.75. The van der Waals surface area contributed by atoms with Crippen LogP contribution in [0.25, 0.3) is 10.9 Å². The maximum Gasteiger partial charge on any atom is 0.407 e. The zero-order valence-corrected chi connectivity index (χ0v) is 8.80. The topological polar surface area (TPSA) is 56.2 Å². The molecule has 1 amide bonds. The molecule has 1 aromatic carbocycles. The molecule has 1 aliphatic heterocycles. The second kappa shape index (κ2) is 3.23. The van der Waals surface area contributed by atoms with Crippen LogP contribution in [0.5, 0.6) is 0 Å². The van der Waals surface area contributed by atoms with Crippen LogP contribution < -0.4 is 5.32 Å². The Morgan fingerprint density at radius 2 is 2.31 bits per heavy atom. The lowest BCUT2D eigenvalue weighted by Crippen LogP contribution is -2.19. The van der Waals surface area contributed by atoms with E-state index in [1.807, 2.05) is 36.0 Å². The molecular formula is C11H11N3O2. The van der Waals surface area contributed by atoms with E-state index in [-0.39, 0.29) is 12.1 Å². The van der Waals surface area contributed by atoms with Gasteiger partial charge in [0, 0.05) is 12.4 Å². The molecular weight excluding hydrogens is 206 g/mol. The summed E-state index contributed by atoms with van der Waals surface area (Å²) in [6, 6.07) is 7.80. The van der Waals surface area contributed by atoms with Crippen LogP contribution in [0.15, 0.2) is 24.3 Å². The minimum atomic E-state index is -0.375. The van der Waals surface area contributed by atoms with Crippen molar-refractivity contribution in [2.24, 2.45) is 7.05 Å². The van der Waals surface area contributed by atoms with Crippen molar-refractivity contribution < 1.29 is 9.53 Å². The molecule has 1 fully saturated rings. The van der Waals surface area contributed by atoms with Crippen molar-refractivity contribution in [3.63, 3.8) is 0 Å². The van der Waals surface area contributed by atoms with Gasteiger partial charge in [0.25, 0.3) is 0 Å². The van der Waals surface area contributed by atoms with Crippen LogP contribution in [-0.4, -0.2) is 22.5 Å². The van der Waals surface area contributed by atoms with Crippen LogP contribution in [0.4, 0.5) is 4.79 Å². The van der Waals surface area contributed by atoms with Crippen LogP contribution in [0.1, 0.15) is 11.7 Å². The average molecular weight is 217 g/mol. The van der Waals surface area contributed by atoms with Gasteiger partial charge in [0.1, 0.15) is 12.6 Å². The molecule has 5 nitrogen and oxygen atoms in total. The van der Waals surface area contributed by atoms with Crippen LogP contribution in [0, 0.1) is 0 Å². The Morgan fingerprint density at radius 1 is 1.50 bits per heavy atom. The summed E-state index contributed by atoms with van der Waals surface area (Å²) in [7, 11) is 1.89. The molecule has 2 aromatic rings. The number of alkyl carbamates (subject to hydrolysis) is 1. The third-order valence-corrected chi connectivity index (χ3v) is 2.79. The summed E-state index contributed by atoms with van der Waals surface area (Å²) in [4.78, 5) is 11.0. The van der Waals surface area contributed by atoms with Crippen molar-refractivity contribution in [2.45, 2.75) is 6.04 Å². The van der Waals surface area contributed by atoms with E-state index in [1.54, 1.807) is 0 Å². The quantitative estimate of drug-likeness (QED) is 0.784. The third-order valence-electron chi connectivity index (χ3n) is 2.79. The molecule has 5 heteroatoms. The number of cyclic esters (lactones) is 1.